The monoisotopic (exact) mass is 171 g/mol. The fourth-order valence-electron chi connectivity index (χ4n) is 0.903. The van der Waals surface area contributed by atoms with Crippen LogP contribution in [0.1, 0.15) is 31.7 Å². The molecule has 0 aliphatic carbocycles. The van der Waals surface area contributed by atoms with Crippen molar-refractivity contribution in [3.05, 3.63) is 30.1 Å². The van der Waals surface area contributed by atoms with Crippen LogP contribution in [0.4, 0.5) is 0 Å². The fraction of sp³-hybridized carbons (Fsp3) is 0.444. The molecule has 1 atom stereocenters. The van der Waals surface area contributed by atoms with Gasteiger partial charge in [-0.25, -0.2) is 0 Å². The van der Waals surface area contributed by atoms with Crippen LogP contribution < -0.4 is 0 Å². The summed E-state index contributed by atoms with van der Waals surface area (Å²) in [5, 5.41) is 0. The Morgan fingerprint density at radius 1 is 1.55 bits per heavy atom. The van der Waals surface area contributed by atoms with E-state index in [4.69, 9.17) is 0 Å². The highest BCUT2D eigenvalue weighted by molar-refractivity contribution is 5.85. The number of aromatic nitrogens is 1. The number of hydrogen-bond acceptors (Lipinski definition) is 1. The topological polar surface area (TPSA) is 12.9 Å². The van der Waals surface area contributed by atoms with Crippen LogP contribution in [-0.4, -0.2) is 4.98 Å². The Hall–Kier alpha value is -0.560. The van der Waals surface area contributed by atoms with E-state index in [0.29, 0.717) is 5.92 Å². The van der Waals surface area contributed by atoms with Crippen molar-refractivity contribution < 1.29 is 0 Å². The molecule has 1 unspecified atom stereocenters. The molecule has 0 bridgehead atoms. The summed E-state index contributed by atoms with van der Waals surface area (Å²) in [7, 11) is 0. The highest BCUT2D eigenvalue weighted by Crippen LogP contribution is 2.15. The predicted molar refractivity (Wildman–Crippen MR) is 50.2 cm³/mol. The van der Waals surface area contributed by atoms with Crippen molar-refractivity contribution in [1.29, 1.82) is 0 Å². The molecule has 1 aromatic heterocycles. The van der Waals surface area contributed by atoms with E-state index in [-0.39, 0.29) is 12.4 Å². The van der Waals surface area contributed by atoms with Gasteiger partial charge in [0.15, 0.2) is 0 Å². The van der Waals surface area contributed by atoms with Gasteiger partial charge in [0.1, 0.15) is 0 Å². The summed E-state index contributed by atoms with van der Waals surface area (Å²) >= 11 is 0. The zero-order valence-electron chi connectivity index (χ0n) is 6.95. The van der Waals surface area contributed by atoms with Crippen LogP contribution in [-0.2, 0) is 0 Å². The summed E-state index contributed by atoms with van der Waals surface area (Å²) in [6.07, 6.45) is 4.94. The molecule has 0 N–H and O–H groups in total. The standard InChI is InChI=1S/C9H13N.ClH/c1-3-8(2)9-5-4-6-10-7-9;/h4-8H,3H2,1-2H3;1H. The van der Waals surface area contributed by atoms with Crippen LogP contribution in [0.2, 0.25) is 0 Å². The van der Waals surface area contributed by atoms with Gasteiger partial charge < -0.3 is 0 Å². The van der Waals surface area contributed by atoms with Crippen LogP contribution in [0.25, 0.3) is 0 Å². The Kier molecular flexibility index (Phi) is 4.88. The van der Waals surface area contributed by atoms with Crippen molar-refractivity contribution in [3.63, 3.8) is 0 Å². The number of nitrogens with zero attached hydrogens (tertiary/aromatic N) is 1. The van der Waals surface area contributed by atoms with E-state index in [1.54, 1.807) is 0 Å². The van der Waals surface area contributed by atoms with E-state index in [0.717, 1.165) is 0 Å². The molecule has 1 heterocycles. The molecule has 11 heavy (non-hydrogen) atoms. The summed E-state index contributed by atoms with van der Waals surface area (Å²) in [5.41, 5.74) is 1.34. The molecule has 0 spiro atoms. The Bertz CT molecular complexity index is 186. The third-order valence-electron chi connectivity index (χ3n) is 1.87. The average molecular weight is 172 g/mol. The molecule has 2 heteroatoms. The lowest BCUT2D eigenvalue weighted by Crippen LogP contribution is -1.90. The zero-order chi connectivity index (χ0) is 7.40. The molecule has 0 fully saturated rings. The lowest BCUT2D eigenvalue weighted by Gasteiger charge is -2.05. The molecule has 0 amide bonds. The molecule has 0 saturated heterocycles. The number of hydrogen-bond donors (Lipinski definition) is 0. The summed E-state index contributed by atoms with van der Waals surface area (Å²) in [6, 6.07) is 4.11. The summed E-state index contributed by atoms with van der Waals surface area (Å²) in [4.78, 5) is 4.05. The maximum atomic E-state index is 4.05. The van der Waals surface area contributed by atoms with Crippen LogP contribution in [0, 0.1) is 0 Å². The van der Waals surface area contributed by atoms with E-state index < -0.39 is 0 Å². The minimum atomic E-state index is 0. The highest BCUT2D eigenvalue weighted by Gasteiger charge is 1.99. The average Bonchev–Trinajstić information content (AvgIpc) is 2.05. The molecule has 1 nitrogen and oxygen atoms in total. The third-order valence-corrected chi connectivity index (χ3v) is 1.87. The fourth-order valence-corrected chi connectivity index (χ4v) is 0.903. The zero-order valence-corrected chi connectivity index (χ0v) is 7.77. The van der Waals surface area contributed by atoms with Gasteiger partial charge in [0.05, 0.1) is 0 Å². The van der Waals surface area contributed by atoms with Crippen molar-refractivity contribution in [3.8, 4) is 0 Å². The summed E-state index contributed by atoms with van der Waals surface area (Å²) in [5.74, 6) is 0.647. The SMILES string of the molecule is CCC(C)c1cccnc1.Cl. The Morgan fingerprint density at radius 2 is 2.27 bits per heavy atom. The first kappa shape index (κ1) is 10.4. The molecule has 0 aromatic carbocycles. The largest absolute Gasteiger partial charge is 0.264 e. The molecule has 0 aliphatic rings. The maximum absolute atomic E-state index is 4.05. The maximum Gasteiger partial charge on any atom is 0.0302 e. The quantitative estimate of drug-likeness (QED) is 0.667. The number of rotatable bonds is 2. The van der Waals surface area contributed by atoms with Crippen LogP contribution >= 0.6 is 12.4 Å². The van der Waals surface area contributed by atoms with Gasteiger partial charge in [-0.3, -0.25) is 4.98 Å². The molecule has 0 aliphatic heterocycles. The van der Waals surface area contributed by atoms with Crippen LogP contribution in [0.15, 0.2) is 24.5 Å². The van der Waals surface area contributed by atoms with Gasteiger partial charge in [-0.05, 0) is 24.0 Å². The Labute approximate surface area is 74.3 Å². The van der Waals surface area contributed by atoms with Gasteiger partial charge in [-0.2, -0.15) is 0 Å². The van der Waals surface area contributed by atoms with Gasteiger partial charge in [-0.1, -0.05) is 19.9 Å². The second kappa shape index (κ2) is 5.14. The first-order valence-corrected chi connectivity index (χ1v) is 3.74. The molecule has 0 radical (unpaired) electrons. The van der Waals surface area contributed by atoms with E-state index in [9.17, 15) is 0 Å². The molecular weight excluding hydrogens is 158 g/mol. The first-order valence-electron chi connectivity index (χ1n) is 3.74. The van der Waals surface area contributed by atoms with Crippen LogP contribution in [0.5, 0.6) is 0 Å². The van der Waals surface area contributed by atoms with E-state index in [2.05, 4.69) is 24.9 Å². The Morgan fingerprint density at radius 3 is 2.73 bits per heavy atom. The smallest absolute Gasteiger partial charge is 0.0302 e. The summed E-state index contributed by atoms with van der Waals surface area (Å²) in [6.45, 7) is 4.41. The molecule has 0 saturated carbocycles. The lowest BCUT2D eigenvalue weighted by molar-refractivity contribution is 0.729. The van der Waals surface area contributed by atoms with Crippen molar-refractivity contribution in [2.45, 2.75) is 26.2 Å². The minimum Gasteiger partial charge on any atom is -0.264 e. The van der Waals surface area contributed by atoms with Crippen molar-refractivity contribution >= 4 is 12.4 Å². The molecule has 1 rings (SSSR count). The van der Waals surface area contributed by atoms with Crippen molar-refractivity contribution in [1.82, 2.24) is 4.98 Å². The lowest BCUT2D eigenvalue weighted by atomic mass is 10.0. The third kappa shape index (κ3) is 2.89. The second-order valence-corrected chi connectivity index (χ2v) is 2.60. The van der Waals surface area contributed by atoms with E-state index >= 15 is 0 Å². The summed E-state index contributed by atoms with van der Waals surface area (Å²) < 4.78 is 0. The second-order valence-electron chi connectivity index (χ2n) is 2.60. The molecule has 62 valence electrons. The first-order chi connectivity index (χ1) is 4.84. The molecule has 1 aromatic rings. The molecular formula is C9H14ClN. The van der Waals surface area contributed by atoms with Gasteiger partial charge >= 0.3 is 0 Å². The van der Waals surface area contributed by atoms with Gasteiger partial charge in [0.2, 0.25) is 0 Å². The van der Waals surface area contributed by atoms with Crippen molar-refractivity contribution in [2.24, 2.45) is 0 Å². The van der Waals surface area contributed by atoms with Gasteiger partial charge in [0, 0.05) is 12.4 Å². The Balaban J connectivity index is 0.000001000. The van der Waals surface area contributed by atoms with Crippen LogP contribution in [0.3, 0.4) is 0 Å². The predicted octanol–water partition coefficient (Wildman–Crippen LogP) is 3.02. The van der Waals surface area contributed by atoms with Gasteiger partial charge in [0.25, 0.3) is 0 Å². The highest BCUT2D eigenvalue weighted by atomic mass is 35.5. The number of halogens is 1. The van der Waals surface area contributed by atoms with E-state index in [1.165, 1.54) is 12.0 Å². The normalized spacial score (nSPS) is 11.8. The number of pyridine rings is 1. The van der Waals surface area contributed by atoms with Gasteiger partial charge in [-0.15, -0.1) is 12.4 Å². The van der Waals surface area contributed by atoms with E-state index in [1.807, 2.05) is 18.5 Å². The minimum absolute atomic E-state index is 0. The van der Waals surface area contributed by atoms with Crippen molar-refractivity contribution in [2.75, 3.05) is 0 Å².